The second kappa shape index (κ2) is 4.68. The first-order valence-corrected chi connectivity index (χ1v) is 5.53. The summed E-state index contributed by atoms with van der Waals surface area (Å²) in [4.78, 5) is 4.22. The zero-order valence-corrected chi connectivity index (χ0v) is 10.1. The summed E-state index contributed by atoms with van der Waals surface area (Å²) < 4.78 is 2.04. The van der Waals surface area contributed by atoms with E-state index >= 15 is 0 Å². The molecule has 3 nitrogen and oxygen atoms in total. The molecule has 2 aromatic rings. The first kappa shape index (κ1) is 11.2. The van der Waals surface area contributed by atoms with Gasteiger partial charge >= 0.3 is 0 Å². The van der Waals surface area contributed by atoms with E-state index < -0.39 is 0 Å². The summed E-state index contributed by atoms with van der Waals surface area (Å²) in [6.07, 6.45) is 3.74. The maximum Gasteiger partial charge on any atom is 0.110 e. The minimum Gasteiger partial charge on any atom is -0.316 e. The van der Waals surface area contributed by atoms with E-state index in [0.29, 0.717) is 0 Å². The summed E-state index contributed by atoms with van der Waals surface area (Å²) in [6.45, 7) is 2.79. The van der Waals surface area contributed by atoms with Crippen LogP contribution in [0.25, 0.3) is 5.69 Å². The van der Waals surface area contributed by atoms with Crippen LogP contribution in [0.5, 0.6) is 0 Å². The van der Waals surface area contributed by atoms with Crippen molar-refractivity contribution in [1.82, 2.24) is 14.9 Å². The molecule has 1 aromatic carbocycles. The van der Waals surface area contributed by atoms with Crippen molar-refractivity contribution in [3.05, 3.63) is 47.0 Å². The first-order valence-electron chi connectivity index (χ1n) is 5.15. The normalized spacial score (nSPS) is 10.7. The second-order valence-corrected chi connectivity index (χ2v) is 4.08. The van der Waals surface area contributed by atoms with Crippen molar-refractivity contribution in [3.63, 3.8) is 0 Å². The molecule has 16 heavy (non-hydrogen) atoms. The van der Waals surface area contributed by atoms with Gasteiger partial charge in [0.15, 0.2) is 0 Å². The number of benzene rings is 1. The minimum absolute atomic E-state index is 0.739. The molecule has 0 bridgehead atoms. The highest BCUT2D eigenvalue weighted by molar-refractivity contribution is 6.30. The fourth-order valence-electron chi connectivity index (χ4n) is 1.73. The highest BCUT2D eigenvalue weighted by atomic mass is 35.5. The van der Waals surface area contributed by atoms with Crippen molar-refractivity contribution in [2.24, 2.45) is 0 Å². The predicted molar refractivity (Wildman–Crippen MR) is 66.1 cm³/mol. The Morgan fingerprint density at radius 1 is 1.44 bits per heavy atom. The largest absolute Gasteiger partial charge is 0.316 e. The third-order valence-electron chi connectivity index (χ3n) is 2.50. The molecule has 0 radical (unpaired) electrons. The Kier molecular flexibility index (Phi) is 3.27. The van der Waals surface area contributed by atoms with Gasteiger partial charge in [0.05, 0.1) is 5.69 Å². The van der Waals surface area contributed by atoms with E-state index in [1.165, 1.54) is 5.56 Å². The smallest absolute Gasteiger partial charge is 0.110 e. The van der Waals surface area contributed by atoms with E-state index in [1.54, 1.807) is 6.20 Å². The fraction of sp³-hybridized carbons (Fsp3) is 0.250. The van der Waals surface area contributed by atoms with Crippen molar-refractivity contribution in [2.45, 2.75) is 13.5 Å². The molecule has 1 N–H and O–H groups in total. The average Bonchev–Trinajstić information content (AvgIpc) is 2.67. The van der Waals surface area contributed by atoms with Gasteiger partial charge < -0.3 is 9.88 Å². The lowest BCUT2D eigenvalue weighted by Crippen LogP contribution is -2.09. The molecule has 1 heterocycles. The minimum atomic E-state index is 0.739. The summed E-state index contributed by atoms with van der Waals surface area (Å²) in [5.41, 5.74) is 2.28. The SMILES string of the molecule is CNCc1ccc(Cl)cc1-n1ccnc1C. The van der Waals surface area contributed by atoms with E-state index in [-0.39, 0.29) is 0 Å². The Bertz CT molecular complexity index is 491. The zero-order valence-electron chi connectivity index (χ0n) is 9.37. The highest BCUT2D eigenvalue weighted by Gasteiger charge is 2.07. The Balaban J connectivity index is 2.53. The number of nitrogens with one attached hydrogen (secondary N) is 1. The Labute approximate surface area is 100 Å². The van der Waals surface area contributed by atoms with Crippen molar-refractivity contribution in [2.75, 3.05) is 7.05 Å². The van der Waals surface area contributed by atoms with Crippen molar-refractivity contribution >= 4 is 11.6 Å². The van der Waals surface area contributed by atoms with Crippen LogP contribution < -0.4 is 5.32 Å². The van der Waals surface area contributed by atoms with Crippen LogP contribution in [0.3, 0.4) is 0 Å². The lowest BCUT2D eigenvalue weighted by atomic mass is 10.1. The van der Waals surface area contributed by atoms with E-state index in [1.807, 2.05) is 42.9 Å². The van der Waals surface area contributed by atoms with Gasteiger partial charge in [-0.05, 0) is 31.7 Å². The van der Waals surface area contributed by atoms with Gasteiger partial charge in [0.2, 0.25) is 0 Å². The molecule has 0 aliphatic rings. The van der Waals surface area contributed by atoms with Crippen molar-refractivity contribution in [1.29, 1.82) is 0 Å². The van der Waals surface area contributed by atoms with Crippen LogP contribution in [0.4, 0.5) is 0 Å². The molecule has 0 amide bonds. The number of aryl methyl sites for hydroxylation is 1. The number of hydrogen-bond donors (Lipinski definition) is 1. The molecule has 0 spiro atoms. The average molecular weight is 236 g/mol. The standard InChI is InChI=1S/C12H14ClN3/c1-9-15-5-6-16(9)12-7-11(13)4-3-10(12)8-14-2/h3-7,14H,8H2,1-2H3. The predicted octanol–water partition coefficient (Wildman–Crippen LogP) is 2.55. The van der Waals surface area contributed by atoms with Gasteiger partial charge in [-0.2, -0.15) is 0 Å². The summed E-state index contributed by atoms with van der Waals surface area (Å²) in [5, 5.41) is 3.89. The molecule has 0 atom stereocenters. The Morgan fingerprint density at radius 3 is 2.88 bits per heavy atom. The number of halogens is 1. The first-order chi connectivity index (χ1) is 7.72. The molecule has 84 valence electrons. The Morgan fingerprint density at radius 2 is 2.25 bits per heavy atom. The summed E-state index contributed by atoms with van der Waals surface area (Å²) in [7, 11) is 1.93. The maximum absolute atomic E-state index is 6.03. The molecule has 4 heteroatoms. The lowest BCUT2D eigenvalue weighted by Gasteiger charge is -2.12. The van der Waals surface area contributed by atoms with Crippen LogP contribution in [-0.2, 0) is 6.54 Å². The Hall–Kier alpha value is -1.32. The van der Waals surface area contributed by atoms with Crippen LogP contribution in [0.15, 0.2) is 30.6 Å². The van der Waals surface area contributed by atoms with Crippen molar-refractivity contribution in [3.8, 4) is 5.69 Å². The summed E-state index contributed by atoms with van der Waals surface area (Å²) in [5.74, 6) is 0.958. The fourth-order valence-corrected chi connectivity index (χ4v) is 1.90. The number of rotatable bonds is 3. The topological polar surface area (TPSA) is 29.9 Å². The third-order valence-corrected chi connectivity index (χ3v) is 2.73. The van der Waals surface area contributed by atoms with Crippen LogP contribution in [0.2, 0.25) is 5.02 Å². The van der Waals surface area contributed by atoms with E-state index in [4.69, 9.17) is 11.6 Å². The molecule has 0 aliphatic carbocycles. The quantitative estimate of drug-likeness (QED) is 0.886. The molecular formula is C12H14ClN3. The van der Waals surface area contributed by atoms with E-state index in [9.17, 15) is 0 Å². The lowest BCUT2D eigenvalue weighted by molar-refractivity contribution is 0.804. The van der Waals surface area contributed by atoms with Gasteiger partial charge in [-0.15, -0.1) is 0 Å². The van der Waals surface area contributed by atoms with Gasteiger partial charge in [-0.25, -0.2) is 4.98 Å². The van der Waals surface area contributed by atoms with Gasteiger partial charge in [0.25, 0.3) is 0 Å². The summed E-state index contributed by atoms with van der Waals surface area (Å²) in [6, 6.07) is 5.90. The van der Waals surface area contributed by atoms with Crippen LogP contribution in [0, 0.1) is 6.92 Å². The van der Waals surface area contributed by atoms with Gasteiger partial charge in [0, 0.05) is 24.0 Å². The molecule has 0 saturated carbocycles. The molecule has 0 saturated heterocycles. The molecule has 0 aliphatic heterocycles. The molecular weight excluding hydrogens is 222 g/mol. The number of hydrogen-bond acceptors (Lipinski definition) is 2. The van der Waals surface area contributed by atoms with Crippen molar-refractivity contribution < 1.29 is 0 Å². The highest BCUT2D eigenvalue weighted by Crippen LogP contribution is 2.21. The maximum atomic E-state index is 6.03. The summed E-state index contributed by atoms with van der Waals surface area (Å²) >= 11 is 6.03. The molecule has 0 unspecified atom stereocenters. The van der Waals surface area contributed by atoms with Gasteiger partial charge in [0.1, 0.15) is 5.82 Å². The number of imidazole rings is 1. The van der Waals surface area contributed by atoms with Crippen LogP contribution in [0.1, 0.15) is 11.4 Å². The molecule has 0 fully saturated rings. The third kappa shape index (κ3) is 2.10. The molecule has 1 aromatic heterocycles. The monoisotopic (exact) mass is 235 g/mol. The second-order valence-electron chi connectivity index (χ2n) is 3.65. The van der Waals surface area contributed by atoms with E-state index in [0.717, 1.165) is 23.1 Å². The van der Waals surface area contributed by atoms with Gasteiger partial charge in [-0.3, -0.25) is 0 Å². The van der Waals surface area contributed by atoms with Gasteiger partial charge in [-0.1, -0.05) is 17.7 Å². The van der Waals surface area contributed by atoms with Crippen LogP contribution in [-0.4, -0.2) is 16.6 Å². The van der Waals surface area contributed by atoms with Crippen LogP contribution >= 0.6 is 11.6 Å². The number of nitrogens with zero attached hydrogens (tertiary/aromatic N) is 2. The van der Waals surface area contributed by atoms with E-state index in [2.05, 4.69) is 10.3 Å². The number of aromatic nitrogens is 2. The zero-order chi connectivity index (χ0) is 11.5. The molecule has 2 rings (SSSR count).